The second-order valence-electron chi connectivity index (χ2n) is 10.6. The second kappa shape index (κ2) is 11.3. The van der Waals surface area contributed by atoms with E-state index in [9.17, 15) is 19.5 Å². The van der Waals surface area contributed by atoms with E-state index in [1.165, 1.54) is 4.90 Å². The van der Waals surface area contributed by atoms with Crippen LogP contribution >= 0.6 is 0 Å². The van der Waals surface area contributed by atoms with Gasteiger partial charge in [-0.25, -0.2) is 0 Å². The van der Waals surface area contributed by atoms with Crippen LogP contribution in [0.1, 0.15) is 30.9 Å². The molecule has 6 atom stereocenters. The summed E-state index contributed by atoms with van der Waals surface area (Å²) in [5.41, 5.74) is 0.724. The minimum atomic E-state index is -1.16. The number of aliphatic hydroxyl groups excluding tert-OH is 1. The van der Waals surface area contributed by atoms with Crippen molar-refractivity contribution in [2.24, 2.45) is 11.8 Å². The molecule has 3 fully saturated rings. The number of carbonyl (C=O) groups is 3. The molecule has 0 radical (unpaired) electrons. The first-order valence-electron chi connectivity index (χ1n) is 13.7. The molecule has 0 unspecified atom stereocenters. The summed E-state index contributed by atoms with van der Waals surface area (Å²) in [6, 6.07) is 17.6. The topological polar surface area (TPSA) is 96.4 Å². The lowest BCUT2D eigenvalue weighted by Gasteiger charge is -2.39. The maximum absolute atomic E-state index is 14.5. The molecule has 1 N–H and O–H groups in total. The number of likely N-dealkylation sites (tertiary alicyclic amines) is 1. The predicted octanol–water partition coefficient (Wildman–Crippen LogP) is 2.74. The zero-order valence-electron chi connectivity index (χ0n) is 22.3. The highest BCUT2D eigenvalue weighted by Crippen LogP contribution is 2.59. The monoisotopic (exact) mass is 532 g/mol. The molecule has 2 amide bonds. The Balaban J connectivity index is 1.56. The average molecular weight is 533 g/mol. The van der Waals surface area contributed by atoms with E-state index < -0.39 is 41.6 Å². The minimum absolute atomic E-state index is 0.194. The van der Waals surface area contributed by atoms with Gasteiger partial charge in [-0.2, -0.15) is 0 Å². The van der Waals surface area contributed by atoms with Crippen LogP contribution in [0.2, 0.25) is 0 Å². The maximum atomic E-state index is 14.5. The van der Waals surface area contributed by atoms with Crippen molar-refractivity contribution in [3.8, 4) is 0 Å². The van der Waals surface area contributed by atoms with Crippen molar-refractivity contribution in [3.05, 3.63) is 84.4 Å². The summed E-state index contributed by atoms with van der Waals surface area (Å²) in [4.78, 5) is 45.1. The number of hydrogen-bond donors (Lipinski definition) is 1. The zero-order valence-corrected chi connectivity index (χ0v) is 22.3. The second-order valence-corrected chi connectivity index (χ2v) is 10.6. The Bertz CT molecular complexity index is 1200. The SMILES string of the molecule is C=CCN(Cc1ccccc1)C(=O)[C@H]1N([C@@H](CO)Cc2ccccc2)C(=O)[C@@H]2[C@@H](C(=O)OCC)[C@H]3CC[C@]21O3. The van der Waals surface area contributed by atoms with Gasteiger partial charge < -0.3 is 24.4 Å². The van der Waals surface area contributed by atoms with E-state index in [-0.39, 0.29) is 31.6 Å². The molecule has 206 valence electrons. The first-order valence-corrected chi connectivity index (χ1v) is 13.7. The molecule has 0 saturated carbocycles. The number of benzene rings is 2. The summed E-state index contributed by atoms with van der Waals surface area (Å²) < 4.78 is 11.9. The lowest BCUT2D eigenvalue weighted by molar-refractivity contribution is -0.156. The number of esters is 1. The van der Waals surface area contributed by atoms with E-state index in [4.69, 9.17) is 9.47 Å². The molecule has 3 aliphatic heterocycles. The molecule has 2 bridgehead atoms. The van der Waals surface area contributed by atoms with Crippen LogP contribution < -0.4 is 0 Å². The van der Waals surface area contributed by atoms with Gasteiger partial charge in [-0.1, -0.05) is 66.7 Å². The fraction of sp³-hybridized carbons (Fsp3) is 0.452. The Labute approximate surface area is 229 Å². The Kier molecular flexibility index (Phi) is 7.86. The van der Waals surface area contributed by atoms with Crippen LogP contribution in [0.4, 0.5) is 0 Å². The summed E-state index contributed by atoms with van der Waals surface area (Å²) in [5.74, 6) is -2.68. The molecule has 8 heteroatoms. The van der Waals surface area contributed by atoms with Gasteiger partial charge in [-0.15, -0.1) is 6.58 Å². The molecular weight excluding hydrogens is 496 g/mol. The van der Waals surface area contributed by atoms with Gasteiger partial charge in [-0.05, 0) is 37.3 Å². The standard InChI is InChI=1S/C31H36N2O6/c1-3-17-32(19-22-13-9-6-10-14-22)29(36)27-31-16-15-24(39-31)25(30(37)38-4-2)26(31)28(35)33(27)23(20-34)18-21-11-7-5-8-12-21/h3,5-14,23-27,34H,1,4,15-20H2,2H3/t23-,24-,25+,26+,27-,31+/m1/s1. The van der Waals surface area contributed by atoms with Gasteiger partial charge in [0.15, 0.2) is 0 Å². The number of amides is 2. The van der Waals surface area contributed by atoms with Crippen LogP contribution in [0.5, 0.6) is 0 Å². The number of carbonyl (C=O) groups excluding carboxylic acids is 3. The average Bonchev–Trinajstić information content (AvgIpc) is 3.60. The lowest BCUT2D eigenvalue weighted by Crippen LogP contribution is -2.59. The number of rotatable bonds is 11. The fourth-order valence-corrected chi connectivity index (χ4v) is 6.77. The molecule has 3 saturated heterocycles. The molecule has 0 aromatic heterocycles. The molecule has 3 heterocycles. The quantitative estimate of drug-likeness (QED) is 0.353. The molecule has 5 rings (SSSR count). The number of fused-ring (bicyclic) bond motifs is 1. The Morgan fingerprint density at radius 2 is 1.85 bits per heavy atom. The third-order valence-corrected chi connectivity index (χ3v) is 8.33. The summed E-state index contributed by atoms with van der Waals surface area (Å²) >= 11 is 0. The molecule has 1 spiro atoms. The van der Waals surface area contributed by atoms with Gasteiger partial charge in [0, 0.05) is 13.1 Å². The van der Waals surface area contributed by atoms with Crippen molar-refractivity contribution in [2.45, 2.75) is 56.5 Å². The highest BCUT2D eigenvalue weighted by atomic mass is 16.6. The van der Waals surface area contributed by atoms with E-state index >= 15 is 0 Å². The van der Waals surface area contributed by atoms with E-state index in [0.717, 1.165) is 11.1 Å². The third kappa shape index (κ3) is 4.76. The molecule has 2 aromatic rings. The van der Waals surface area contributed by atoms with Crippen LogP contribution in [0.3, 0.4) is 0 Å². The number of aliphatic hydroxyl groups is 1. The lowest BCUT2D eigenvalue weighted by atomic mass is 9.70. The number of nitrogens with zero attached hydrogens (tertiary/aromatic N) is 2. The van der Waals surface area contributed by atoms with Crippen LogP contribution in [-0.4, -0.2) is 76.2 Å². The molecule has 2 aromatic carbocycles. The largest absolute Gasteiger partial charge is 0.466 e. The highest BCUT2D eigenvalue weighted by Gasteiger charge is 2.75. The Morgan fingerprint density at radius 1 is 1.18 bits per heavy atom. The van der Waals surface area contributed by atoms with Gasteiger partial charge in [0.25, 0.3) is 0 Å². The van der Waals surface area contributed by atoms with E-state index in [0.29, 0.717) is 25.8 Å². The highest BCUT2D eigenvalue weighted by molar-refractivity contribution is 5.98. The summed E-state index contributed by atoms with van der Waals surface area (Å²) in [7, 11) is 0. The van der Waals surface area contributed by atoms with Crippen molar-refractivity contribution in [1.29, 1.82) is 0 Å². The van der Waals surface area contributed by atoms with Gasteiger partial charge in [-0.3, -0.25) is 14.4 Å². The minimum Gasteiger partial charge on any atom is -0.466 e. The molecule has 3 aliphatic rings. The fourth-order valence-electron chi connectivity index (χ4n) is 6.77. The predicted molar refractivity (Wildman–Crippen MR) is 144 cm³/mol. The third-order valence-electron chi connectivity index (χ3n) is 8.33. The van der Waals surface area contributed by atoms with Crippen molar-refractivity contribution >= 4 is 17.8 Å². The number of hydrogen-bond acceptors (Lipinski definition) is 6. The van der Waals surface area contributed by atoms with Gasteiger partial charge >= 0.3 is 5.97 Å². The molecule has 8 nitrogen and oxygen atoms in total. The van der Waals surface area contributed by atoms with Gasteiger partial charge in [0.05, 0.1) is 37.2 Å². The smallest absolute Gasteiger partial charge is 0.312 e. The van der Waals surface area contributed by atoms with Gasteiger partial charge in [0.1, 0.15) is 11.6 Å². The molecule has 39 heavy (non-hydrogen) atoms. The maximum Gasteiger partial charge on any atom is 0.312 e. The van der Waals surface area contributed by atoms with Crippen LogP contribution in [0.15, 0.2) is 73.3 Å². The van der Waals surface area contributed by atoms with E-state index in [2.05, 4.69) is 6.58 Å². The Hall–Kier alpha value is -3.49. The zero-order chi connectivity index (χ0) is 27.6. The molecular formula is C31H36N2O6. The van der Waals surface area contributed by atoms with E-state index in [1.807, 2.05) is 60.7 Å². The van der Waals surface area contributed by atoms with Gasteiger partial charge in [0.2, 0.25) is 11.8 Å². The Morgan fingerprint density at radius 3 is 2.46 bits per heavy atom. The van der Waals surface area contributed by atoms with Crippen LogP contribution in [-0.2, 0) is 36.8 Å². The van der Waals surface area contributed by atoms with Crippen LogP contribution in [0.25, 0.3) is 0 Å². The number of ether oxygens (including phenoxy) is 2. The van der Waals surface area contributed by atoms with Crippen molar-refractivity contribution in [2.75, 3.05) is 19.8 Å². The summed E-state index contributed by atoms with van der Waals surface area (Å²) in [5, 5.41) is 10.6. The summed E-state index contributed by atoms with van der Waals surface area (Å²) in [6.07, 6.45) is 2.60. The van der Waals surface area contributed by atoms with E-state index in [1.54, 1.807) is 17.9 Å². The van der Waals surface area contributed by atoms with Crippen LogP contribution in [0, 0.1) is 11.8 Å². The first-order chi connectivity index (χ1) is 18.9. The first kappa shape index (κ1) is 27.1. The van der Waals surface area contributed by atoms with Crippen molar-refractivity contribution in [3.63, 3.8) is 0 Å². The summed E-state index contributed by atoms with van der Waals surface area (Å²) in [6.45, 7) is 6.06. The van der Waals surface area contributed by atoms with Crippen molar-refractivity contribution < 1.29 is 29.0 Å². The molecule has 0 aliphatic carbocycles. The van der Waals surface area contributed by atoms with Crippen molar-refractivity contribution in [1.82, 2.24) is 9.80 Å². The normalized spacial score (nSPS) is 27.7.